The second kappa shape index (κ2) is 11.1. The van der Waals surface area contributed by atoms with Gasteiger partial charge in [-0.3, -0.25) is 4.79 Å². The maximum atomic E-state index is 12.8. The standard InChI is InChI=1S/C24H31N5O5/c1-31-20-14-18(15-21(32-2)24(20)33-3)4-5-23(30)29-8-6-28(7-9-29)22-16-19(17-25-26-22)27-10-12-34-13-11-27/h4-5,14-17H,6-13H2,1-3H3/b5-4+. The number of aromatic nitrogens is 2. The molecule has 10 nitrogen and oxygen atoms in total. The van der Waals surface area contributed by atoms with Crippen molar-refractivity contribution in [3.8, 4) is 17.2 Å². The van der Waals surface area contributed by atoms with Crippen LogP contribution in [0.15, 0.2) is 30.5 Å². The van der Waals surface area contributed by atoms with Crippen LogP contribution >= 0.6 is 0 Å². The van der Waals surface area contributed by atoms with Gasteiger partial charge in [0.2, 0.25) is 11.7 Å². The highest BCUT2D eigenvalue weighted by molar-refractivity contribution is 5.92. The molecule has 0 atom stereocenters. The number of morpholine rings is 1. The number of hydrogen-bond acceptors (Lipinski definition) is 9. The molecule has 0 radical (unpaired) electrons. The summed E-state index contributed by atoms with van der Waals surface area (Å²) in [7, 11) is 4.69. The number of ether oxygens (including phenoxy) is 4. The van der Waals surface area contributed by atoms with Crippen LogP contribution in [0.1, 0.15) is 5.56 Å². The average Bonchev–Trinajstić information content (AvgIpc) is 2.91. The molecular weight excluding hydrogens is 438 g/mol. The lowest BCUT2D eigenvalue weighted by Gasteiger charge is -2.35. The topological polar surface area (TPSA) is 89.5 Å². The van der Waals surface area contributed by atoms with Crippen molar-refractivity contribution in [3.63, 3.8) is 0 Å². The minimum absolute atomic E-state index is 0.0402. The first kappa shape index (κ1) is 23.6. The first-order valence-corrected chi connectivity index (χ1v) is 11.3. The number of piperazine rings is 1. The summed E-state index contributed by atoms with van der Waals surface area (Å²) in [4.78, 5) is 19.1. The van der Waals surface area contributed by atoms with Gasteiger partial charge in [-0.05, 0) is 23.8 Å². The molecule has 1 aromatic heterocycles. The molecular formula is C24H31N5O5. The van der Waals surface area contributed by atoms with Gasteiger partial charge in [0.05, 0.1) is 46.4 Å². The predicted molar refractivity (Wildman–Crippen MR) is 129 cm³/mol. The van der Waals surface area contributed by atoms with Gasteiger partial charge in [0, 0.05) is 51.4 Å². The minimum Gasteiger partial charge on any atom is -0.493 e. The van der Waals surface area contributed by atoms with Gasteiger partial charge in [-0.1, -0.05) is 0 Å². The van der Waals surface area contributed by atoms with Gasteiger partial charge < -0.3 is 33.6 Å². The zero-order valence-corrected chi connectivity index (χ0v) is 19.9. The fourth-order valence-corrected chi connectivity index (χ4v) is 4.12. The Hall–Kier alpha value is -3.53. The zero-order chi connectivity index (χ0) is 23.9. The van der Waals surface area contributed by atoms with Crippen molar-refractivity contribution in [2.45, 2.75) is 0 Å². The number of carbonyl (C=O) groups is 1. The quantitative estimate of drug-likeness (QED) is 0.562. The molecule has 4 rings (SSSR count). The molecule has 2 fully saturated rings. The Morgan fingerprint density at radius 2 is 1.59 bits per heavy atom. The number of anilines is 2. The van der Waals surface area contributed by atoms with E-state index in [1.54, 1.807) is 39.7 Å². The van der Waals surface area contributed by atoms with E-state index < -0.39 is 0 Å². The highest BCUT2D eigenvalue weighted by atomic mass is 16.5. The number of rotatable bonds is 7. The average molecular weight is 470 g/mol. The largest absolute Gasteiger partial charge is 0.493 e. The van der Waals surface area contributed by atoms with Crippen molar-refractivity contribution in [1.82, 2.24) is 15.1 Å². The van der Waals surface area contributed by atoms with Crippen LogP contribution in [0.25, 0.3) is 6.08 Å². The van der Waals surface area contributed by atoms with E-state index in [2.05, 4.69) is 26.1 Å². The van der Waals surface area contributed by atoms with E-state index in [0.29, 0.717) is 43.4 Å². The lowest BCUT2D eigenvalue weighted by atomic mass is 10.1. The number of benzene rings is 1. The Balaban J connectivity index is 1.36. The number of nitrogens with zero attached hydrogens (tertiary/aromatic N) is 5. The molecule has 0 bridgehead atoms. The van der Waals surface area contributed by atoms with Crippen molar-refractivity contribution >= 4 is 23.5 Å². The first-order chi connectivity index (χ1) is 16.6. The summed E-state index contributed by atoms with van der Waals surface area (Å²) >= 11 is 0. The lowest BCUT2D eigenvalue weighted by molar-refractivity contribution is -0.126. The van der Waals surface area contributed by atoms with Crippen LogP contribution in [-0.4, -0.2) is 94.8 Å². The summed E-state index contributed by atoms with van der Waals surface area (Å²) in [5.41, 5.74) is 1.84. The number of carbonyl (C=O) groups excluding carboxylic acids is 1. The molecule has 34 heavy (non-hydrogen) atoms. The van der Waals surface area contributed by atoms with Crippen molar-refractivity contribution in [2.75, 3.05) is 83.6 Å². The van der Waals surface area contributed by atoms with Gasteiger partial charge in [-0.15, -0.1) is 5.10 Å². The normalized spacial score (nSPS) is 16.6. The summed E-state index contributed by atoms with van der Waals surface area (Å²) in [5.74, 6) is 2.40. The summed E-state index contributed by atoms with van der Waals surface area (Å²) in [5, 5.41) is 8.51. The summed E-state index contributed by atoms with van der Waals surface area (Å²) < 4.78 is 21.6. The van der Waals surface area contributed by atoms with Crippen LogP contribution in [0.3, 0.4) is 0 Å². The van der Waals surface area contributed by atoms with Crippen LogP contribution in [0.4, 0.5) is 11.5 Å². The molecule has 0 saturated carbocycles. The first-order valence-electron chi connectivity index (χ1n) is 11.3. The van der Waals surface area contributed by atoms with Crippen LogP contribution in [0, 0.1) is 0 Å². The molecule has 10 heteroatoms. The summed E-state index contributed by atoms with van der Waals surface area (Å²) in [6.07, 6.45) is 5.13. The van der Waals surface area contributed by atoms with E-state index in [4.69, 9.17) is 18.9 Å². The minimum atomic E-state index is -0.0402. The van der Waals surface area contributed by atoms with Gasteiger partial charge in [0.15, 0.2) is 17.3 Å². The molecule has 2 aliphatic rings. The highest BCUT2D eigenvalue weighted by Crippen LogP contribution is 2.38. The Bertz CT molecular complexity index is 992. The molecule has 2 saturated heterocycles. The van der Waals surface area contributed by atoms with Crippen LogP contribution in [-0.2, 0) is 9.53 Å². The van der Waals surface area contributed by atoms with Gasteiger partial charge in [0.25, 0.3) is 0 Å². The number of amides is 1. The second-order valence-electron chi connectivity index (χ2n) is 7.98. The molecule has 1 aromatic carbocycles. The van der Waals surface area contributed by atoms with Gasteiger partial charge in [0.1, 0.15) is 0 Å². The fraction of sp³-hybridized carbons (Fsp3) is 0.458. The smallest absolute Gasteiger partial charge is 0.246 e. The third-order valence-corrected chi connectivity index (χ3v) is 6.02. The van der Waals surface area contributed by atoms with Crippen molar-refractivity contribution in [3.05, 3.63) is 36.0 Å². The maximum absolute atomic E-state index is 12.8. The molecule has 2 aliphatic heterocycles. The molecule has 0 N–H and O–H groups in total. The van der Waals surface area contributed by atoms with E-state index in [1.807, 2.05) is 17.0 Å². The van der Waals surface area contributed by atoms with Gasteiger partial charge in [-0.25, -0.2) is 0 Å². The second-order valence-corrected chi connectivity index (χ2v) is 7.98. The van der Waals surface area contributed by atoms with Crippen molar-refractivity contribution < 1.29 is 23.7 Å². The predicted octanol–water partition coefficient (Wildman–Crippen LogP) is 1.70. The summed E-state index contributed by atoms with van der Waals surface area (Å²) in [6.45, 7) is 5.78. The molecule has 2 aromatic rings. The third kappa shape index (κ3) is 5.33. The van der Waals surface area contributed by atoms with Crippen LogP contribution < -0.4 is 24.0 Å². The molecule has 3 heterocycles. The molecule has 0 unspecified atom stereocenters. The Morgan fingerprint density at radius 1 is 0.912 bits per heavy atom. The Labute approximate surface area is 199 Å². The van der Waals surface area contributed by atoms with Crippen molar-refractivity contribution in [1.29, 1.82) is 0 Å². The SMILES string of the molecule is COc1cc(/C=C/C(=O)N2CCN(c3cc(N4CCOCC4)cnn3)CC2)cc(OC)c1OC. The number of methoxy groups -OCH3 is 3. The van der Waals surface area contributed by atoms with E-state index in [1.165, 1.54) is 0 Å². The third-order valence-electron chi connectivity index (χ3n) is 6.02. The highest BCUT2D eigenvalue weighted by Gasteiger charge is 2.22. The Morgan fingerprint density at radius 3 is 2.21 bits per heavy atom. The zero-order valence-electron chi connectivity index (χ0n) is 19.9. The molecule has 1 amide bonds. The van der Waals surface area contributed by atoms with E-state index >= 15 is 0 Å². The van der Waals surface area contributed by atoms with E-state index in [-0.39, 0.29) is 5.91 Å². The van der Waals surface area contributed by atoms with Crippen molar-refractivity contribution in [2.24, 2.45) is 0 Å². The molecule has 0 aliphatic carbocycles. The lowest BCUT2D eigenvalue weighted by Crippen LogP contribution is -2.48. The van der Waals surface area contributed by atoms with E-state index in [0.717, 1.165) is 43.4 Å². The molecule has 0 spiro atoms. The van der Waals surface area contributed by atoms with Crippen LogP contribution in [0.2, 0.25) is 0 Å². The maximum Gasteiger partial charge on any atom is 0.246 e. The van der Waals surface area contributed by atoms with E-state index in [9.17, 15) is 4.79 Å². The van der Waals surface area contributed by atoms with Crippen LogP contribution in [0.5, 0.6) is 17.2 Å². The number of hydrogen-bond donors (Lipinski definition) is 0. The fourth-order valence-electron chi connectivity index (χ4n) is 4.12. The monoisotopic (exact) mass is 469 g/mol. The van der Waals surface area contributed by atoms with Gasteiger partial charge in [-0.2, -0.15) is 5.10 Å². The van der Waals surface area contributed by atoms with Gasteiger partial charge >= 0.3 is 0 Å². The summed E-state index contributed by atoms with van der Waals surface area (Å²) in [6, 6.07) is 5.69. The molecule has 182 valence electrons. The Kier molecular flexibility index (Phi) is 7.69.